The van der Waals surface area contributed by atoms with Gasteiger partial charge in [0, 0.05) is 6.42 Å². The SMILES string of the molecule is CCC[CH]C1OCCO1. The van der Waals surface area contributed by atoms with Gasteiger partial charge in [0.1, 0.15) is 0 Å². The van der Waals surface area contributed by atoms with E-state index in [-0.39, 0.29) is 6.29 Å². The highest BCUT2D eigenvalue weighted by Gasteiger charge is 2.14. The predicted molar refractivity (Wildman–Crippen MR) is 34.9 cm³/mol. The lowest BCUT2D eigenvalue weighted by molar-refractivity contribution is -0.0168. The lowest BCUT2D eigenvalue weighted by atomic mass is 10.2. The van der Waals surface area contributed by atoms with Crippen LogP contribution in [0.5, 0.6) is 0 Å². The number of hydrogen-bond acceptors (Lipinski definition) is 2. The van der Waals surface area contributed by atoms with E-state index in [4.69, 9.17) is 9.47 Å². The maximum atomic E-state index is 5.18. The quantitative estimate of drug-likeness (QED) is 0.573. The van der Waals surface area contributed by atoms with Gasteiger partial charge in [-0.1, -0.05) is 13.3 Å². The smallest absolute Gasteiger partial charge is 0.161 e. The van der Waals surface area contributed by atoms with Crippen LogP contribution in [0.25, 0.3) is 0 Å². The Morgan fingerprint density at radius 1 is 1.44 bits per heavy atom. The monoisotopic (exact) mass is 129 g/mol. The van der Waals surface area contributed by atoms with Gasteiger partial charge in [-0.15, -0.1) is 0 Å². The fourth-order valence-electron chi connectivity index (χ4n) is 0.815. The van der Waals surface area contributed by atoms with E-state index in [2.05, 4.69) is 13.3 Å². The van der Waals surface area contributed by atoms with Gasteiger partial charge < -0.3 is 9.47 Å². The van der Waals surface area contributed by atoms with Gasteiger partial charge in [-0.2, -0.15) is 0 Å². The molecular weight excluding hydrogens is 116 g/mol. The first-order chi connectivity index (χ1) is 4.43. The Kier molecular flexibility index (Phi) is 3.01. The first-order valence-corrected chi connectivity index (χ1v) is 3.50. The van der Waals surface area contributed by atoms with Gasteiger partial charge in [-0.05, 0) is 6.42 Å². The van der Waals surface area contributed by atoms with Crippen molar-refractivity contribution < 1.29 is 9.47 Å². The van der Waals surface area contributed by atoms with Gasteiger partial charge in [-0.25, -0.2) is 0 Å². The zero-order valence-corrected chi connectivity index (χ0v) is 5.80. The van der Waals surface area contributed by atoms with E-state index >= 15 is 0 Å². The lowest BCUT2D eigenvalue weighted by Crippen LogP contribution is -2.07. The van der Waals surface area contributed by atoms with Crippen LogP contribution in [0.15, 0.2) is 0 Å². The minimum Gasteiger partial charge on any atom is -0.350 e. The van der Waals surface area contributed by atoms with Gasteiger partial charge in [0.05, 0.1) is 13.2 Å². The summed E-state index contributed by atoms with van der Waals surface area (Å²) in [5, 5.41) is 0. The van der Waals surface area contributed by atoms with E-state index in [9.17, 15) is 0 Å². The maximum absolute atomic E-state index is 5.18. The third-order valence-electron chi connectivity index (χ3n) is 1.30. The Hall–Kier alpha value is -0.0800. The molecule has 1 heterocycles. The molecule has 0 spiro atoms. The third kappa shape index (κ3) is 2.33. The van der Waals surface area contributed by atoms with Gasteiger partial charge >= 0.3 is 0 Å². The summed E-state index contributed by atoms with van der Waals surface area (Å²) in [7, 11) is 0. The van der Waals surface area contributed by atoms with Crippen molar-refractivity contribution in [2.75, 3.05) is 13.2 Å². The lowest BCUT2D eigenvalue weighted by Gasteiger charge is -2.05. The molecule has 9 heavy (non-hydrogen) atoms. The van der Waals surface area contributed by atoms with Crippen LogP contribution in [0, 0.1) is 6.42 Å². The topological polar surface area (TPSA) is 18.5 Å². The molecule has 53 valence electrons. The van der Waals surface area contributed by atoms with Gasteiger partial charge in [-0.3, -0.25) is 0 Å². The summed E-state index contributed by atoms with van der Waals surface area (Å²) < 4.78 is 10.4. The number of rotatable bonds is 3. The molecule has 1 saturated heterocycles. The largest absolute Gasteiger partial charge is 0.350 e. The van der Waals surface area contributed by atoms with Crippen LogP contribution in [0.1, 0.15) is 19.8 Å². The van der Waals surface area contributed by atoms with E-state index in [1.165, 1.54) is 6.42 Å². The highest BCUT2D eigenvalue weighted by Crippen LogP contribution is 2.09. The minimum absolute atomic E-state index is 0.00931. The molecule has 2 nitrogen and oxygen atoms in total. The van der Waals surface area contributed by atoms with E-state index < -0.39 is 0 Å². The molecule has 0 atom stereocenters. The van der Waals surface area contributed by atoms with Crippen LogP contribution in [-0.4, -0.2) is 19.5 Å². The highest BCUT2D eigenvalue weighted by atomic mass is 16.7. The Bertz CT molecular complexity index is 67.3. The molecule has 0 aliphatic carbocycles. The average Bonchev–Trinajstić information content (AvgIpc) is 2.34. The Labute approximate surface area is 56.2 Å². The van der Waals surface area contributed by atoms with Crippen LogP contribution >= 0.6 is 0 Å². The minimum atomic E-state index is -0.00931. The average molecular weight is 129 g/mol. The summed E-state index contributed by atoms with van der Waals surface area (Å²) in [4.78, 5) is 0. The second kappa shape index (κ2) is 3.85. The van der Waals surface area contributed by atoms with Crippen molar-refractivity contribution in [3.63, 3.8) is 0 Å². The number of unbranched alkanes of at least 4 members (excludes halogenated alkanes) is 1. The molecule has 2 heteroatoms. The summed E-state index contributed by atoms with van der Waals surface area (Å²) in [6.45, 7) is 3.65. The van der Waals surface area contributed by atoms with Crippen LogP contribution in [0.3, 0.4) is 0 Å². The van der Waals surface area contributed by atoms with Gasteiger partial charge in [0.25, 0.3) is 0 Å². The second-order valence-corrected chi connectivity index (χ2v) is 2.13. The van der Waals surface area contributed by atoms with Crippen molar-refractivity contribution in [3.8, 4) is 0 Å². The number of hydrogen-bond donors (Lipinski definition) is 0. The zero-order chi connectivity index (χ0) is 6.53. The van der Waals surface area contributed by atoms with Crippen LogP contribution < -0.4 is 0 Å². The van der Waals surface area contributed by atoms with Crippen molar-refractivity contribution in [2.24, 2.45) is 0 Å². The van der Waals surface area contributed by atoms with Crippen molar-refractivity contribution in [1.29, 1.82) is 0 Å². The third-order valence-corrected chi connectivity index (χ3v) is 1.30. The second-order valence-electron chi connectivity index (χ2n) is 2.13. The molecule has 0 aromatic rings. The van der Waals surface area contributed by atoms with Gasteiger partial charge in [0.15, 0.2) is 6.29 Å². The molecule has 0 aromatic carbocycles. The van der Waals surface area contributed by atoms with Crippen molar-refractivity contribution in [1.82, 2.24) is 0 Å². The summed E-state index contributed by atoms with van der Waals surface area (Å²) >= 11 is 0. The maximum Gasteiger partial charge on any atom is 0.161 e. The van der Waals surface area contributed by atoms with E-state index in [0.717, 1.165) is 19.6 Å². The summed E-state index contributed by atoms with van der Waals surface area (Å²) in [6.07, 6.45) is 4.32. The van der Waals surface area contributed by atoms with E-state index in [1.807, 2.05) is 0 Å². The Morgan fingerprint density at radius 2 is 2.11 bits per heavy atom. The summed E-state index contributed by atoms with van der Waals surface area (Å²) in [5.41, 5.74) is 0. The van der Waals surface area contributed by atoms with Crippen molar-refractivity contribution >= 4 is 0 Å². The normalized spacial score (nSPS) is 21.0. The Morgan fingerprint density at radius 3 is 2.67 bits per heavy atom. The fourth-order valence-corrected chi connectivity index (χ4v) is 0.815. The Balaban J connectivity index is 1.98. The molecule has 1 fully saturated rings. The molecule has 1 aliphatic heterocycles. The van der Waals surface area contributed by atoms with Crippen molar-refractivity contribution in [3.05, 3.63) is 6.42 Å². The molecule has 0 aromatic heterocycles. The molecular formula is C7H13O2. The molecule has 1 rings (SSSR count). The molecule has 0 amide bonds. The molecule has 0 saturated carbocycles. The first-order valence-electron chi connectivity index (χ1n) is 3.50. The predicted octanol–water partition coefficient (Wildman–Crippen LogP) is 1.36. The van der Waals surface area contributed by atoms with Gasteiger partial charge in [0.2, 0.25) is 0 Å². The highest BCUT2D eigenvalue weighted by molar-refractivity contribution is 4.70. The van der Waals surface area contributed by atoms with Crippen LogP contribution in [0.2, 0.25) is 0 Å². The zero-order valence-electron chi connectivity index (χ0n) is 5.80. The van der Waals surface area contributed by atoms with E-state index in [0.29, 0.717) is 0 Å². The van der Waals surface area contributed by atoms with E-state index in [1.54, 1.807) is 0 Å². The van der Waals surface area contributed by atoms with Crippen LogP contribution in [0.4, 0.5) is 0 Å². The summed E-state index contributed by atoms with van der Waals surface area (Å²) in [6, 6.07) is 0. The molecule has 0 bridgehead atoms. The first kappa shape index (κ1) is 7.03. The molecule has 0 unspecified atom stereocenters. The standard InChI is InChI=1S/C7H13O2/c1-2-3-4-7-8-5-6-9-7/h4,7H,2-3,5-6H2,1H3. The number of ether oxygens (including phenoxy) is 2. The molecule has 0 N–H and O–H groups in total. The molecule has 1 radical (unpaired) electrons. The van der Waals surface area contributed by atoms with Crippen LogP contribution in [-0.2, 0) is 9.47 Å². The van der Waals surface area contributed by atoms with Crippen molar-refractivity contribution in [2.45, 2.75) is 26.1 Å². The fraction of sp³-hybridized carbons (Fsp3) is 0.857. The molecule has 1 aliphatic rings. The summed E-state index contributed by atoms with van der Waals surface area (Å²) in [5.74, 6) is 0.